The SMILES string of the molecule is C#CC[s+]1c(C)nc2c3ccccc3ccc21.[Br-]. The van der Waals surface area contributed by atoms with E-state index in [1.807, 2.05) is 0 Å². The summed E-state index contributed by atoms with van der Waals surface area (Å²) in [5, 5.41) is 3.64. The van der Waals surface area contributed by atoms with Crippen molar-refractivity contribution in [1.82, 2.24) is 4.98 Å². The normalized spacial score (nSPS) is 11.2. The average molecular weight is 318 g/mol. The van der Waals surface area contributed by atoms with E-state index < -0.39 is 0 Å². The largest absolute Gasteiger partial charge is 1.00 e. The average Bonchev–Trinajstić information content (AvgIpc) is 2.67. The van der Waals surface area contributed by atoms with E-state index in [1.54, 1.807) is 0 Å². The van der Waals surface area contributed by atoms with Crippen LogP contribution in [0.25, 0.3) is 21.0 Å². The third-order valence-electron chi connectivity index (χ3n) is 2.98. The Labute approximate surface area is 120 Å². The van der Waals surface area contributed by atoms with Gasteiger partial charge in [-0.05, 0) is 17.4 Å². The molecule has 3 heteroatoms. The molecule has 0 aliphatic carbocycles. The third-order valence-corrected chi connectivity index (χ3v) is 5.10. The maximum atomic E-state index is 5.44. The summed E-state index contributed by atoms with van der Waals surface area (Å²) in [7, 11) is 0.0109. The van der Waals surface area contributed by atoms with Crippen LogP contribution in [0.2, 0.25) is 0 Å². The second kappa shape index (κ2) is 5.09. The number of aromatic nitrogens is 1. The number of nitrogens with zero attached hydrogens (tertiary/aromatic N) is 1. The van der Waals surface area contributed by atoms with E-state index in [1.165, 1.54) is 15.5 Å². The van der Waals surface area contributed by atoms with Gasteiger partial charge in [-0.25, -0.2) is 0 Å². The van der Waals surface area contributed by atoms with Gasteiger partial charge < -0.3 is 17.0 Å². The Bertz CT molecular complexity index is 752. The van der Waals surface area contributed by atoms with E-state index in [2.05, 4.69) is 49.2 Å². The van der Waals surface area contributed by atoms with Crippen LogP contribution in [0.1, 0.15) is 5.01 Å². The van der Waals surface area contributed by atoms with Gasteiger partial charge in [0.25, 0.3) is 0 Å². The van der Waals surface area contributed by atoms with Gasteiger partial charge in [0, 0.05) is 28.8 Å². The first-order valence-electron chi connectivity index (χ1n) is 5.52. The van der Waals surface area contributed by atoms with E-state index in [9.17, 15) is 0 Å². The minimum Gasteiger partial charge on any atom is -1.00 e. The highest BCUT2D eigenvalue weighted by Crippen LogP contribution is 2.37. The lowest BCUT2D eigenvalue weighted by atomic mass is 10.1. The lowest BCUT2D eigenvalue weighted by molar-refractivity contribution is -0.00000338. The van der Waals surface area contributed by atoms with Crippen molar-refractivity contribution in [1.29, 1.82) is 0 Å². The molecule has 3 rings (SSSR count). The zero-order chi connectivity index (χ0) is 11.8. The lowest BCUT2D eigenvalue weighted by Gasteiger charge is -1.95. The molecule has 0 bridgehead atoms. The van der Waals surface area contributed by atoms with Crippen LogP contribution < -0.4 is 17.0 Å². The monoisotopic (exact) mass is 317 g/mol. The molecule has 0 saturated carbocycles. The van der Waals surface area contributed by atoms with Crippen LogP contribution in [0.15, 0.2) is 36.4 Å². The van der Waals surface area contributed by atoms with Crippen LogP contribution in [-0.2, 0) is 5.75 Å². The first-order valence-corrected chi connectivity index (χ1v) is 6.92. The summed E-state index contributed by atoms with van der Waals surface area (Å²) in [6.07, 6.45) is 5.44. The fourth-order valence-corrected chi connectivity index (χ4v) is 3.86. The molecule has 1 nitrogen and oxygen atoms in total. The molecule has 3 aromatic rings. The second-order valence-corrected chi connectivity index (χ2v) is 6.10. The number of rotatable bonds is 1. The minimum atomic E-state index is 0. The van der Waals surface area contributed by atoms with Crippen LogP contribution in [-0.4, -0.2) is 4.98 Å². The van der Waals surface area contributed by atoms with Crippen molar-refractivity contribution in [3.8, 4) is 12.3 Å². The van der Waals surface area contributed by atoms with Gasteiger partial charge in [0.05, 0.1) is 0 Å². The molecule has 90 valence electrons. The Morgan fingerprint density at radius 2 is 2.00 bits per heavy atom. The third kappa shape index (κ3) is 1.92. The Morgan fingerprint density at radius 1 is 1.22 bits per heavy atom. The molecule has 1 heterocycles. The summed E-state index contributed by atoms with van der Waals surface area (Å²) >= 11 is 0. The summed E-state index contributed by atoms with van der Waals surface area (Å²) in [6.45, 7) is 2.08. The predicted octanol–water partition coefficient (Wildman–Crippen LogP) is 1.08. The summed E-state index contributed by atoms with van der Waals surface area (Å²) in [5.74, 6) is 3.53. The first kappa shape index (κ1) is 13.1. The molecular weight excluding hydrogens is 306 g/mol. The zero-order valence-electron chi connectivity index (χ0n) is 9.98. The van der Waals surface area contributed by atoms with Crippen LogP contribution in [0.3, 0.4) is 0 Å². The number of benzene rings is 2. The maximum absolute atomic E-state index is 5.44. The van der Waals surface area contributed by atoms with Gasteiger partial charge in [0.15, 0.2) is 5.75 Å². The highest BCUT2D eigenvalue weighted by atomic mass is 79.9. The molecule has 0 radical (unpaired) electrons. The van der Waals surface area contributed by atoms with E-state index in [0.29, 0.717) is 0 Å². The van der Waals surface area contributed by atoms with Crippen molar-refractivity contribution in [2.45, 2.75) is 12.7 Å². The van der Waals surface area contributed by atoms with Crippen molar-refractivity contribution in [3.63, 3.8) is 0 Å². The highest BCUT2D eigenvalue weighted by Gasteiger charge is 2.19. The summed E-state index contributed by atoms with van der Waals surface area (Å²) in [6, 6.07) is 12.7. The van der Waals surface area contributed by atoms with Crippen molar-refractivity contribution < 1.29 is 17.0 Å². The standard InChI is InChI=1S/C15H12NS.BrH/c1-3-10-17-11(2)16-15-13-7-5-4-6-12(13)8-9-14(15)17;/h1,4-9H,10H2,2H3;1H/q+1;/p-1. The minimum absolute atomic E-state index is 0. The predicted molar refractivity (Wildman–Crippen MR) is 75.3 cm³/mol. The Balaban J connectivity index is 0.00000120. The van der Waals surface area contributed by atoms with Crippen LogP contribution in [0, 0.1) is 19.3 Å². The molecule has 1 atom stereocenters. The van der Waals surface area contributed by atoms with Gasteiger partial charge in [-0.1, -0.05) is 24.3 Å². The van der Waals surface area contributed by atoms with E-state index >= 15 is 0 Å². The number of halogens is 1. The number of hydrogen-bond acceptors (Lipinski definition) is 1. The molecule has 0 amide bonds. The summed E-state index contributed by atoms with van der Waals surface area (Å²) in [5.41, 5.74) is 1.12. The highest BCUT2D eigenvalue weighted by molar-refractivity contribution is 7.36. The molecule has 0 saturated heterocycles. The van der Waals surface area contributed by atoms with Crippen LogP contribution in [0.4, 0.5) is 0 Å². The molecule has 0 aliphatic rings. The fraction of sp³-hybridized carbons (Fsp3) is 0.133. The van der Waals surface area contributed by atoms with Gasteiger partial charge in [-0.2, -0.15) is 4.98 Å². The quantitative estimate of drug-likeness (QED) is 0.483. The molecule has 0 spiro atoms. The second-order valence-electron chi connectivity index (χ2n) is 4.00. The summed E-state index contributed by atoms with van der Waals surface area (Å²) < 4.78 is 1.30. The fourth-order valence-electron chi connectivity index (χ4n) is 2.19. The van der Waals surface area contributed by atoms with Gasteiger partial charge in [0.2, 0.25) is 9.71 Å². The number of thiazole rings is 1. The molecule has 2 aromatic carbocycles. The maximum Gasteiger partial charge on any atom is 0.240 e. The van der Waals surface area contributed by atoms with E-state index in [0.717, 1.165) is 16.3 Å². The first-order chi connectivity index (χ1) is 8.31. The van der Waals surface area contributed by atoms with Gasteiger partial charge in [-0.15, -0.1) is 6.42 Å². The molecule has 18 heavy (non-hydrogen) atoms. The molecule has 0 fully saturated rings. The molecular formula is C15H12BrNS. The lowest BCUT2D eigenvalue weighted by Crippen LogP contribution is -3.00. The van der Waals surface area contributed by atoms with Gasteiger partial charge in [0.1, 0.15) is 5.52 Å². The number of aryl methyl sites for hydroxylation is 1. The molecule has 1 aromatic heterocycles. The van der Waals surface area contributed by atoms with Gasteiger partial charge in [-0.3, -0.25) is 0 Å². The summed E-state index contributed by atoms with van der Waals surface area (Å²) in [4.78, 5) is 4.71. The van der Waals surface area contributed by atoms with Crippen molar-refractivity contribution in [2.24, 2.45) is 0 Å². The Morgan fingerprint density at radius 3 is 2.78 bits per heavy atom. The van der Waals surface area contributed by atoms with Crippen molar-refractivity contribution in [2.75, 3.05) is 0 Å². The van der Waals surface area contributed by atoms with Crippen LogP contribution >= 0.6 is 10.5 Å². The van der Waals surface area contributed by atoms with Crippen LogP contribution in [0.5, 0.6) is 0 Å². The molecule has 1 unspecified atom stereocenters. The number of fused-ring (bicyclic) bond motifs is 3. The Hall–Kier alpha value is -1.37. The van der Waals surface area contributed by atoms with E-state index in [-0.39, 0.29) is 27.5 Å². The Kier molecular flexibility index (Phi) is 3.70. The molecule has 0 N–H and O–H groups in total. The van der Waals surface area contributed by atoms with E-state index in [4.69, 9.17) is 11.4 Å². The topological polar surface area (TPSA) is 12.9 Å². The number of hydrogen-bond donors (Lipinski definition) is 0. The molecule has 0 aliphatic heterocycles. The number of terminal acetylenes is 1. The smallest absolute Gasteiger partial charge is 0.240 e. The zero-order valence-corrected chi connectivity index (χ0v) is 12.4. The van der Waals surface area contributed by atoms with Crippen molar-refractivity contribution in [3.05, 3.63) is 41.4 Å². The van der Waals surface area contributed by atoms with Gasteiger partial charge >= 0.3 is 0 Å². The van der Waals surface area contributed by atoms with Crippen molar-refractivity contribution >= 4 is 31.5 Å².